The molecule has 0 saturated heterocycles. The first-order valence-corrected chi connectivity index (χ1v) is 8.05. The van der Waals surface area contributed by atoms with Crippen molar-refractivity contribution >= 4 is 21.4 Å². The van der Waals surface area contributed by atoms with Gasteiger partial charge in [0.05, 0.1) is 5.75 Å². The zero-order valence-electron chi connectivity index (χ0n) is 10.4. The molecule has 1 unspecified atom stereocenters. The van der Waals surface area contributed by atoms with Gasteiger partial charge in [-0.3, -0.25) is 0 Å². The largest absolute Gasteiger partial charge is 0.317 e. The molecule has 102 valence electrons. The molecule has 0 aliphatic rings. The summed E-state index contributed by atoms with van der Waals surface area (Å²) in [5.74, 6) is -0.285. The smallest absolute Gasteiger partial charge is 0.147 e. The minimum Gasteiger partial charge on any atom is -0.317 e. The van der Waals surface area contributed by atoms with E-state index in [1.54, 1.807) is 19.2 Å². The summed E-state index contributed by atoms with van der Waals surface area (Å²) in [7, 11) is -1.28. The maximum Gasteiger partial charge on any atom is 0.147 e. The summed E-state index contributed by atoms with van der Waals surface area (Å²) in [4.78, 5) is 0. The second-order valence-electron chi connectivity index (χ2n) is 4.31. The van der Waals surface area contributed by atoms with Crippen molar-refractivity contribution in [3.63, 3.8) is 0 Å². The molecule has 1 aromatic rings. The molecule has 6 heteroatoms. The molecule has 0 bridgehead atoms. The Morgan fingerprint density at radius 2 is 2.11 bits per heavy atom. The number of halogens is 2. The van der Waals surface area contributed by atoms with E-state index in [2.05, 4.69) is 5.32 Å². The standard InChI is InChI=1S/C12H17ClFNO2S/c1-15-9(6-7-18(2,16)17)8-10-11(13)4-3-5-12(10)14/h3-5,9,15H,6-8H2,1-2H3. The molecule has 3 nitrogen and oxygen atoms in total. The van der Waals surface area contributed by atoms with Gasteiger partial charge in [-0.05, 0) is 32.0 Å². The highest BCUT2D eigenvalue weighted by Gasteiger charge is 2.15. The van der Waals surface area contributed by atoms with Gasteiger partial charge < -0.3 is 5.32 Å². The fourth-order valence-corrected chi connectivity index (χ4v) is 2.63. The molecular weight excluding hydrogens is 277 g/mol. The van der Waals surface area contributed by atoms with Crippen LogP contribution in [0.3, 0.4) is 0 Å². The predicted octanol–water partition coefficient (Wildman–Crippen LogP) is 2.04. The average Bonchev–Trinajstić information content (AvgIpc) is 2.26. The average molecular weight is 294 g/mol. The van der Waals surface area contributed by atoms with Crippen molar-refractivity contribution in [3.05, 3.63) is 34.6 Å². The van der Waals surface area contributed by atoms with E-state index in [0.29, 0.717) is 23.4 Å². The molecule has 0 saturated carbocycles. The number of nitrogens with one attached hydrogen (secondary N) is 1. The summed E-state index contributed by atoms with van der Waals surface area (Å²) in [5, 5.41) is 3.36. The lowest BCUT2D eigenvalue weighted by atomic mass is 10.0. The fraction of sp³-hybridized carbons (Fsp3) is 0.500. The van der Waals surface area contributed by atoms with Crippen LogP contribution in [0.1, 0.15) is 12.0 Å². The molecule has 0 aliphatic heterocycles. The van der Waals surface area contributed by atoms with Crippen LogP contribution in [0.4, 0.5) is 4.39 Å². The van der Waals surface area contributed by atoms with Gasteiger partial charge in [-0.1, -0.05) is 17.7 Å². The van der Waals surface area contributed by atoms with Crippen molar-refractivity contribution in [2.75, 3.05) is 19.1 Å². The van der Waals surface area contributed by atoms with Crippen LogP contribution >= 0.6 is 11.6 Å². The topological polar surface area (TPSA) is 46.2 Å². The zero-order valence-corrected chi connectivity index (χ0v) is 12.0. The van der Waals surface area contributed by atoms with Crippen molar-refractivity contribution < 1.29 is 12.8 Å². The third-order valence-electron chi connectivity index (χ3n) is 2.76. The highest BCUT2D eigenvalue weighted by Crippen LogP contribution is 2.21. The number of rotatable bonds is 6. The summed E-state index contributed by atoms with van der Waals surface area (Å²) in [6, 6.07) is 4.41. The second kappa shape index (κ2) is 6.50. The first-order valence-electron chi connectivity index (χ1n) is 5.61. The van der Waals surface area contributed by atoms with Crippen LogP contribution in [0.25, 0.3) is 0 Å². The molecule has 0 aliphatic carbocycles. The molecule has 0 amide bonds. The van der Waals surface area contributed by atoms with Crippen LogP contribution in [0.5, 0.6) is 0 Å². The van der Waals surface area contributed by atoms with Crippen molar-refractivity contribution in [2.45, 2.75) is 18.9 Å². The molecule has 1 aromatic carbocycles. The fourth-order valence-electron chi connectivity index (χ4n) is 1.68. The van der Waals surface area contributed by atoms with E-state index < -0.39 is 9.84 Å². The van der Waals surface area contributed by atoms with Crippen molar-refractivity contribution in [3.8, 4) is 0 Å². The van der Waals surface area contributed by atoms with Gasteiger partial charge in [0.2, 0.25) is 0 Å². The molecule has 18 heavy (non-hydrogen) atoms. The van der Waals surface area contributed by atoms with Gasteiger partial charge in [0.25, 0.3) is 0 Å². The Kier molecular flexibility index (Phi) is 5.56. The summed E-state index contributed by atoms with van der Waals surface area (Å²) in [6.45, 7) is 0. The van der Waals surface area contributed by atoms with Crippen molar-refractivity contribution in [2.24, 2.45) is 0 Å². The van der Waals surface area contributed by atoms with E-state index in [9.17, 15) is 12.8 Å². The molecule has 1 rings (SSSR count). The Morgan fingerprint density at radius 1 is 1.44 bits per heavy atom. The van der Waals surface area contributed by atoms with E-state index in [-0.39, 0.29) is 17.6 Å². The number of hydrogen-bond donors (Lipinski definition) is 1. The first kappa shape index (κ1) is 15.4. The van der Waals surface area contributed by atoms with E-state index in [1.807, 2.05) is 0 Å². The first-order chi connectivity index (χ1) is 8.33. The van der Waals surface area contributed by atoms with E-state index >= 15 is 0 Å². The Morgan fingerprint density at radius 3 is 2.61 bits per heavy atom. The van der Waals surface area contributed by atoms with Crippen LogP contribution in [0.2, 0.25) is 5.02 Å². The van der Waals surface area contributed by atoms with Gasteiger partial charge in [-0.15, -0.1) is 0 Å². The van der Waals surface area contributed by atoms with Crippen molar-refractivity contribution in [1.82, 2.24) is 5.32 Å². The second-order valence-corrected chi connectivity index (χ2v) is 6.98. The van der Waals surface area contributed by atoms with E-state index in [0.717, 1.165) is 0 Å². The maximum absolute atomic E-state index is 13.6. The zero-order chi connectivity index (χ0) is 13.8. The SMILES string of the molecule is CNC(CCS(C)(=O)=O)Cc1c(F)cccc1Cl. The molecule has 0 heterocycles. The number of likely N-dealkylation sites (N-methyl/N-ethyl adjacent to an activating group) is 1. The molecule has 0 radical (unpaired) electrons. The van der Waals surface area contributed by atoms with Crippen LogP contribution in [-0.2, 0) is 16.3 Å². The monoisotopic (exact) mass is 293 g/mol. The van der Waals surface area contributed by atoms with Gasteiger partial charge >= 0.3 is 0 Å². The van der Waals surface area contributed by atoms with Gasteiger partial charge in [-0.25, -0.2) is 12.8 Å². The maximum atomic E-state index is 13.6. The summed E-state index contributed by atoms with van der Waals surface area (Å²) in [6.07, 6.45) is 1.99. The number of sulfone groups is 1. The third kappa shape index (κ3) is 4.92. The lowest BCUT2D eigenvalue weighted by molar-refractivity contribution is 0.518. The lowest BCUT2D eigenvalue weighted by Crippen LogP contribution is -2.30. The molecule has 0 fully saturated rings. The predicted molar refractivity (Wildman–Crippen MR) is 72.3 cm³/mol. The van der Waals surface area contributed by atoms with Crippen LogP contribution in [0, 0.1) is 5.82 Å². The lowest BCUT2D eigenvalue weighted by Gasteiger charge is -2.16. The Balaban J connectivity index is 2.74. The third-order valence-corrected chi connectivity index (χ3v) is 4.09. The van der Waals surface area contributed by atoms with Gasteiger partial charge in [0.15, 0.2) is 0 Å². The highest BCUT2D eigenvalue weighted by molar-refractivity contribution is 7.90. The molecule has 1 N–H and O–H groups in total. The molecule has 1 atom stereocenters. The highest BCUT2D eigenvalue weighted by atomic mass is 35.5. The minimum absolute atomic E-state index is 0.0740. The number of hydrogen-bond acceptors (Lipinski definition) is 3. The van der Waals surface area contributed by atoms with Crippen LogP contribution < -0.4 is 5.32 Å². The molecule has 0 aromatic heterocycles. The quantitative estimate of drug-likeness (QED) is 0.873. The number of benzene rings is 1. The van der Waals surface area contributed by atoms with Gasteiger partial charge in [0.1, 0.15) is 15.7 Å². The normalized spacial score (nSPS) is 13.6. The van der Waals surface area contributed by atoms with E-state index in [1.165, 1.54) is 12.3 Å². The molecular formula is C12H17ClFNO2S. The minimum atomic E-state index is -3.01. The van der Waals surface area contributed by atoms with Crippen molar-refractivity contribution in [1.29, 1.82) is 0 Å². The summed E-state index contributed by atoms with van der Waals surface area (Å²) >= 11 is 5.93. The van der Waals surface area contributed by atoms with Gasteiger partial charge in [-0.2, -0.15) is 0 Å². The van der Waals surface area contributed by atoms with Gasteiger partial charge in [0, 0.05) is 22.9 Å². The molecule has 0 spiro atoms. The van der Waals surface area contributed by atoms with E-state index in [4.69, 9.17) is 11.6 Å². The van der Waals surface area contributed by atoms with Crippen LogP contribution in [-0.4, -0.2) is 33.5 Å². The Bertz CT molecular complexity index is 485. The summed E-state index contributed by atoms with van der Waals surface area (Å²) < 4.78 is 35.8. The van der Waals surface area contributed by atoms with Crippen LogP contribution in [0.15, 0.2) is 18.2 Å². The Labute approximate surface area is 112 Å². The summed E-state index contributed by atoms with van der Waals surface area (Å²) in [5.41, 5.74) is 0.423. The Hall–Kier alpha value is -0.650.